The van der Waals surface area contributed by atoms with Crippen molar-refractivity contribution >= 4 is 12.0 Å². The minimum Gasteiger partial charge on any atom is -0.431 e. The van der Waals surface area contributed by atoms with E-state index in [1.165, 1.54) is 12.0 Å². The average Bonchev–Trinajstić information content (AvgIpc) is 1.68. The van der Waals surface area contributed by atoms with Gasteiger partial charge in [0, 0.05) is 12.7 Å². The molecule has 0 spiro atoms. The summed E-state index contributed by atoms with van der Waals surface area (Å²) in [6.07, 6.45) is 2.78. The van der Waals surface area contributed by atoms with Crippen LogP contribution in [-0.2, 0) is 4.18 Å². The molecule has 0 rings (SSSR count). The van der Waals surface area contributed by atoms with Gasteiger partial charge in [-0.25, -0.2) is 0 Å². The van der Waals surface area contributed by atoms with Gasteiger partial charge in [-0.2, -0.15) is 0 Å². The molecule has 0 heterocycles. The maximum Gasteiger partial charge on any atom is 0.107 e. The topological polar surface area (TPSA) is 9.23 Å². The molecule has 0 atom stereocenters. The first-order valence-corrected chi connectivity index (χ1v) is 3.34. The molecule has 2 heteroatoms. The molecular weight excluding hydrogens is 108 g/mol. The molecule has 0 aliphatic carbocycles. The first-order chi connectivity index (χ1) is 3.31. The summed E-state index contributed by atoms with van der Waals surface area (Å²) in [6, 6.07) is 0. The lowest BCUT2D eigenvalue weighted by Gasteiger charge is -1.97. The lowest BCUT2D eigenvalue weighted by atomic mass is 10.4. The summed E-state index contributed by atoms with van der Waals surface area (Å²) < 4.78 is 4.91. The maximum absolute atomic E-state index is 4.91. The summed E-state index contributed by atoms with van der Waals surface area (Å²) in [5.41, 5.74) is 0. The largest absolute Gasteiger partial charge is 0.431 e. The monoisotopic (exact) mass is 118 g/mol. The van der Waals surface area contributed by atoms with Gasteiger partial charge in [0.05, 0.1) is 12.0 Å². The van der Waals surface area contributed by atoms with Crippen LogP contribution < -0.4 is 0 Å². The fourth-order valence-electron chi connectivity index (χ4n) is 0.177. The molecule has 0 aromatic carbocycles. The van der Waals surface area contributed by atoms with Crippen LogP contribution in [0.5, 0.6) is 0 Å². The van der Waals surface area contributed by atoms with Gasteiger partial charge in [-0.15, -0.1) is 0 Å². The van der Waals surface area contributed by atoms with Crippen LogP contribution in [0.2, 0.25) is 0 Å². The molecular formula is C5H10OS. The highest BCUT2D eigenvalue weighted by atomic mass is 32.2. The Balaban J connectivity index is 3.00. The van der Waals surface area contributed by atoms with E-state index in [4.69, 9.17) is 4.18 Å². The van der Waals surface area contributed by atoms with Gasteiger partial charge in [0.2, 0.25) is 0 Å². The zero-order valence-corrected chi connectivity index (χ0v) is 5.55. The van der Waals surface area contributed by atoms with E-state index in [9.17, 15) is 0 Å². The van der Waals surface area contributed by atoms with Crippen molar-refractivity contribution in [3.8, 4) is 0 Å². The van der Waals surface area contributed by atoms with Crippen molar-refractivity contribution in [2.75, 3.05) is 6.26 Å². The maximum atomic E-state index is 4.91. The molecule has 42 valence electrons. The Kier molecular flexibility index (Phi) is 4.00. The van der Waals surface area contributed by atoms with Crippen molar-refractivity contribution in [3.05, 3.63) is 12.3 Å². The highest BCUT2D eigenvalue weighted by Gasteiger charge is 1.83. The van der Waals surface area contributed by atoms with Gasteiger partial charge in [0.15, 0.2) is 0 Å². The summed E-state index contributed by atoms with van der Waals surface area (Å²) in [4.78, 5) is 0. The van der Waals surface area contributed by atoms with E-state index in [0.29, 0.717) is 0 Å². The number of hydrogen-bond donors (Lipinski definition) is 0. The smallest absolute Gasteiger partial charge is 0.107 e. The molecule has 0 radical (unpaired) electrons. The van der Waals surface area contributed by atoms with E-state index < -0.39 is 0 Å². The third-order valence-corrected chi connectivity index (χ3v) is 0.998. The fourth-order valence-corrected chi connectivity index (χ4v) is 0.530. The van der Waals surface area contributed by atoms with Gasteiger partial charge >= 0.3 is 0 Å². The summed E-state index contributed by atoms with van der Waals surface area (Å²) in [7, 11) is 0. The Hall–Kier alpha value is -0.110. The zero-order valence-electron chi connectivity index (χ0n) is 4.73. The quantitative estimate of drug-likeness (QED) is 0.415. The highest BCUT2D eigenvalue weighted by Crippen LogP contribution is 2.06. The van der Waals surface area contributed by atoms with Crippen LogP contribution in [0, 0.1) is 0 Å². The summed E-state index contributed by atoms with van der Waals surface area (Å²) in [5, 5.41) is 0. The molecule has 0 aliphatic heterocycles. The van der Waals surface area contributed by atoms with Gasteiger partial charge < -0.3 is 4.18 Å². The Morgan fingerprint density at radius 1 is 1.86 bits per heavy atom. The highest BCUT2D eigenvalue weighted by molar-refractivity contribution is 7.94. The molecule has 0 aliphatic rings. The van der Waals surface area contributed by atoms with E-state index in [1.807, 2.05) is 13.2 Å². The van der Waals surface area contributed by atoms with E-state index in [0.717, 1.165) is 12.2 Å². The van der Waals surface area contributed by atoms with Crippen molar-refractivity contribution in [2.45, 2.75) is 13.3 Å². The van der Waals surface area contributed by atoms with Crippen LogP contribution in [0.4, 0.5) is 0 Å². The molecule has 7 heavy (non-hydrogen) atoms. The Labute approximate surface area is 49.0 Å². The minimum absolute atomic E-state index is 0.840. The molecule has 0 N–H and O–H groups in total. The van der Waals surface area contributed by atoms with Gasteiger partial charge in [-0.1, -0.05) is 13.5 Å². The van der Waals surface area contributed by atoms with Crippen LogP contribution >= 0.6 is 12.0 Å². The second-order valence-electron chi connectivity index (χ2n) is 1.14. The molecule has 0 saturated carbocycles. The zero-order chi connectivity index (χ0) is 5.70. The normalized spacial score (nSPS) is 8.29. The lowest BCUT2D eigenvalue weighted by Crippen LogP contribution is -1.75. The molecule has 1 nitrogen and oxygen atoms in total. The summed E-state index contributed by atoms with van der Waals surface area (Å²) >= 11 is 1.33. The predicted molar refractivity (Wildman–Crippen MR) is 34.0 cm³/mol. The Morgan fingerprint density at radius 3 is 2.57 bits per heavy atom. The minimum atomic E-state index is 0.840. The molecule has 0 aromatic rings. The van der Waals surface area contributed by atoms with Crippen LogP contribution in [0.3, 0.4) is 0 Å². The second-order valence-corrected chi connectivity index (χ2v) is 1.64. The molecule has 0 fully saturated rings. The van der Waals surface area contributed by atoms with Crippen LogP contribution in [0.1, 0.15) is 13.3 Å². The van der Waals surface area contributed by atoms with Crippen molar-refractivity contribution in [3.63, 3.8) is 0 Å². The van der Waals surface area contributed by atoms with Crippen LogP contribution in [0.25, 0.3) is 0 Å². The Bertz CT molecular complexity index is 61.1. The third-order valence-electron chi connectivity index (χ3n) is 0.596. The van der Waals surface area contributed by atoms with E-state index in [2.05, 4.69) is 6.58 Å². The SMILES string of the molecule is C=C(CC)OSC. The molecule has 0 saturated heterocycles. The van der Waals surface area contributed by atoms with Crippen LogP contribution in [0.15, 0.2) is 12.3 Å². The predicted octanol–water partition coefficient (Wildman–Crippen LogP) is 2.20. The molecule has 0 amide bonds. The lowest BCUT2D eigenvalue weighted by molar-refractivity contribution is 0.483. The number of allylic oxidation sites excluding steroid dienone is 1. The van der Waals surface area contributed by atoms with Crippen molar-refractivity contribution in [2.24, 2.45) is 0 Å². The summed E-state index contributed by atoms with van der Waals surface area (Å²) in [6.45, 7) is 5.63. The summed E-state index contributed by atoms with van der Waals surface area (Å²) in [5.74, 6) is 0.840. The molecule has 0 aromatic heterocycles. The first-order valence-electron chi connectivity index (χ1n) is 2.19. The van der Waals surface area contributed by atoms with Crippen molar-refractivity contribution < 1.29 is 4.18 Å². The first kappa shape index (κ1) is 6.89. The van der Waals surface area contributed by atoms with E-state index in [-0.39, 0.29) is 0 Å². The molecule has 0 bridgehead atoms. The van der Waals surface area contributed by atoms with Crippen molar-refractivity contribution in [1.82, 2.24) is 0 Å². The molecule has 0 unspecified atom stereocenters. The number of hydrogen-bond acceptors (Lipinski definition) is 2. The van der Waals surface area contributed by atoms with Gasteiger partial charge in [0.1, 0.15) is 5.76 Å². The fraction of sp³-hybridized carbons (Fsp3) is 0.600. The second kappa shape index (κ2) is 4.06. The average molecular weight is 118 g/mol. The Morgan fingerprint density at radius 2 is 2.43 bits per heavy atom. The van der Waals surface area contributed by atoms with Gasteiger partial charge in [-0.3, -0.25) is 0 Å². The van der Waals surface area contributed by atoms with Crippen molar-refractivity contribution in [1.29, 1.82) is 0 Å². The van der Waals surface area contributed by atoms with Gasteiger partial charge in [0.25, 0.3) is 0 Å². The standard InChI is InChI=1S/C5H10OS/c1-4-5(2)6-7-3/h2,4H2,1,3H3. The van der Waals surface area contributed by atoms with Crippen LogP contribution in [-0.4, -0.2) is 6.26 Å². The van der Waals surface area contributed by atoms with E-state index in [1.54, 1.807) is 0 Å². The van der Waals surface area contributed by atoms with Gasteiger partial charge in [-0.05, 0) is 0 Å². The van der Waals surface area contributed by atoms with E-state index >= 15 is 0 Å². The number of rotatable bonds is 3. The third kappa shape index (κ3) is 3.73.